The van der Waals surface area contributed by atoms with E-state index in [0.29, 0.717) is 0 Å². The molecule has 0 fully saturated rings. The van der Waals surface area contributed by atoms with E-state index < -0.39 is 5.82 Å². The van der Waals surface area contributed by atoms with E-state index in [4.69, 9.17) is 15.9 Å². The molecular weight excluding hydrogens is 233 g/mol. The Labute approximate surface area is 104 Å². The number of halogens is 1. The molecule has 0 aliphatic carbocycles. The van der Waals surface area contributed by atoms with Crippen molar-refractivity contribution in [2.75, 3.05) is 0 Å². The highest BCUT2D eigenvalue weighted by molar-refractivity contribution is 5.97. The molecule has 92 valence electrons. The Balaban J connectivity index is 2.20. The molecule has 4 nitrogen and oxygen atoms in total. The topological polar surface area (TPSA) is 72.0 Å². The Morgan fingerprint density at radius 2 is 2.11 bits per heavy atom. The summed E-state index contributed by atoms with van der Waals surface area (Å²) in [5.74, 6) is -0.682. The van der Waals surface area contributed by atoms with Crippen LogP contribution in [-0.4, -0.2) is 10.8 Å². The molecule has 18 heavy (non-hydrogen) atoms. The lowest BCUT2D eigenvalue weighted by Gasteiger charge is -2.10. The van der Waals surface area contributed by atoms with Crippen LogP contribution in [0.4, 0.5) is 4.39 Å². The Morgan fingerprint density at radius 3 is 2.78 bits per heavy atom. The lowest BCUT2D eigenvalue weighted by Crippen LogP contribution is -2.15. The minimum absolute atomic E-state index is 0.0200. The number of nitrogens with two attached hydrogens (primary N) is 1. The highest BCUT2D eigenvalue weighted by Gasteiger charge is 2.12. The van der Waals surface area contributed by atoms with E-state index in [2.05, 4.69) is 4.98 Å². The van der Waals surface area contributed by atoms with Gasteiger partial charge in [0.05, 0.1) is 11.3 Å². The number of pyridine rings is 1. The third kappa shape index (κ3) is 2.63. The number of rotatable bonds is 4. The largest absolute Gasteiger partial charge is 0.486 e. The van der Waals surface area contributed by atoms with Crippen LogP contribution in [0, 0.1) is 11.2 Å². The lowest BCUT2D eigenvalue weighted by atomic mass is 10.1. The second-order valence-corrected chi connectivity index (χ2v) is 3.64. The van der Waals surface area contributed by atoms with Crippen molar-refractivity contribution in [3.8, 4) is 5.75 Å². The van der Waals surface area contributed by atoms with E-state index in [9.17, 15) is 4.39 Å². The third-order valence-electron chi connectivity index (χ3n) is 2.35. The standard InChI is InChI=1S/C13H12FN3O/c14-10-5-3-6-11(12(10)13(15)16)18-8-9-4-1-2-7-17-9/h1-7H,8H2,(H3,15,16). The van der Waals surface area contributed by atoms with Gasteiger partial charge in [-0.2, -0.15) is 0 Å². The Hall–Kier alpha value is -2.43. The number of nitrogen functional groups attached to an aromatic ring is 1. The first kappa shape index (κ1) is 12.0. The second-order valence-electron chi connectivity index (χ2n) is 3.64. The molecule has 2 rings (SSSR count). The molecule has 0 amide bonds. The summed E-state index contributed by atoms with van der Waals surface area (Å²) in [5, 5.41) is 7.34. The molecule has 1 aromatic heterocycles. The normalized spacial score (nSPS) is 10.1. The van der Waals surface area contributed by atoms with Crippen LogP contribution in [-0.2, 0) is 6.61 Å². The minimum atomic E-state index is -0.568. The van der Waals surface area contributed by atoms with Gasteiger partial charge < -0.3 is 10.5 Å². The summed E-state index contributed by atoms with van der Waals surface area (Å²) in [7, 11) is 0. The Morgan fingerprint density at radius 1 is 1.28 bits per heavy atom. The van der Waals surface area contributed by atoms with Crippen LogP contribution < -0.4 is 10.5 Å². The maximum Gasteiger partial charge on any atom is 0.137 e. The molecule has 2 aromatic rings. The molecule has 0 spiro atoms. The molecule has 5 heteroatoms. The first-order chi connectivity index (χ1) is 8.68. The van der Waals surface area contributed by atoms with Crippen molar-refractivity contribution in [1.29, 1.82) is 5.41 Å². The molecular formula is C13H12FN3O. The summed E-state index contributed by atoms with van der Waals surface area (Å²) in [5.41, 5.74) is 6.03. The zero-order valence-electron chi connectivity index (χ0n) is 9.56. The predicted octanol–water partition coefficient (Wildman–Crippen LogP) is 2.08. The number of hydrogen-bond donors (Lipinski definition) is 2. The zero-order valence-corrected chi connectivity index (χ0v) is 9.56. The summed E-state index contributed by atoms with van der Waals surface area (Å²) >= 11 is 0. The van der Waals surface area contributed by atoms with Gasteiger partial charge in [0.2, 0.25) is 0 Å². The van der Waals surface area contributed by atoms with E-state index >= 15 is 0 Å². The van der Waals surface area contributed by atoms with Gasteiger partial charge in [0.25, 0.3) is 0 Å². The average Bonchev–Trinajstić information content (AvgIpc) is 2.37. The SMILES string of the molecule is N=C(N)c1c(F)cccc1OCc1ccccn1. The summed E-state index contributed by atoms with van der Waals surface area (Å²) in [6, 6.07) is 9.76. The van der Waals surface area contributed by atoms with E-state index in [1.54, 1.807) is 24.4 Å². The van der Waals surface area contributed by atoms with Crippen molar-refractivity contribution >= 4 is 5.84 Å². The zero-order chi connectivity index (χ0) is 13.0. The van der Waals surface area contributed by atoms with Gasteiger partial charge in [-0.3, -0.25) is 10.4 Å². The van der Waals surface area contributed by atoms with Crippen LogP contribution in [0.25, 0.3) is 0 Å². The fourth-order valence-corrected chi connectivity index (χ4v) is 1.52. The van der Waals surface area contributed by atoms with Gasteiger partial charge >= 0.3 is 0 Å². The molecule has 3 N–H and O–H groups in total. The fourth-order valence-electron chi connectivity index (χ4n) is 1.52. The number of hydrogen-bond acceptors (Lipinski definition) is 3. The van der Waals surface area contributed by atoms with Crippen molar-refractivity contribution < 1.29 is 9.13 Å². The monoisotopic (exact) mass is 245 g/mol. The number of nitrogens with one attached hydrogen (secondary N) is 1. The van der Waals surface area contributed by atoms with Crippen molar-refractivity contribution in [3.05, 3.63) is 59.7 Å². The van der Waals surface area contributed by atoms with Crippen LogP contribution in [0.15, 0.2) is 42.6 Å². The van der Waals surface area contributed by atoms with E-state index in [1.807, 2.05) is 6.07 Å². The predicted molar refractivity (Wildman–Crippen MR) is 66.0 cm³/mol. The molecule has 0 aliphatic rings. The van der Waals surface area contributed by atoms with Crippen LogP contribution in [0.1, 0.15) is 11.3 Å². The third-order valence-corrected chi connectivity index (χ3v) is 2.35. The molecule has 0 aliphatic heterocycles. The summed E-state index contributed by atoms with van der Waals surface area (Å²) < 4.78 is 19.0. The van der Waals surface area contributed by atoms with E-state index in [0.717, 1.165) is 5.69 Å². The van der Waals surface area contributed by atoms with Gasteiger partial charge in [0.15, 0.2) is 0 Å². The molecule has 1 aromatic carbocycles. The summed E-state index contributed by atoms with van der Waals surface area (Å²) in [6.45, 7) is 0.199. The number of ether oxygens (including phenoxy) is 1. The fraction of sp³-hybridized carbons (Fsp3) is 0.0769. The molecule has 0 unspecified atom stereocenters. The van der Waals surface area contributed by atoms with Crippen molar-refractivity contribution in [2.45, 2.75) is 6.61 Å². The van der Waals surface area contributed by atoms with Crippen LogP contribution in [0.3, 0.4) is 0 Å². The van der Waals surface area contributed by atoms with E-state index in [1.165, 1.54) is 12.1 Å². The van der Waals surface area contributed by atoms with Crippen molar-refractivity contribution in [1.82, 2.24) is 4.98 Å². The number of amidine groups is 1. The first-order valence-corrected chi connectivity index (χ1v) is 5.34. The van der Waals surface area contributed by atoms with Gasteiger partial charge in [-0.05, 0) is 24.3 Å². The second kappa shape index (κ2) is 5.27. The van der Waals surface area contributed by atoms with Crippen LogP contribution >= 0.6 is 0 Å². The molecule has 0 radical (unpaired) electrons. The quantitative estimate of drug-likeness (QED) is 0.640. The molecule has 0 bridgehead atoms. The highest BCUT2D eigenvalue weighted by atomic mass is 19.1. The van der Waals surface area contributed by atoms with Gasteiger partial charge in [0, 0.05) is 6.20 Å². The molecule has 0 atom stereocenters. The van der Waals surface area contributed by atoms with Crippen LogP contribution in [0.2, 0.25) is 0 Å². The number of nitrogens with zero attached hydrogens (tertiary/aromatic N) is 1. The Kier molecular flexibility index (Phi) is 3.52. The molecule has 1 heterocycles. The average molecular weight is 245 g/mol. The van der Waals surface area contributed by atoms with Crippen molar-refractivity contribution in [2.24, 2.45) is 5.73 Å². The van der Waals surface area contributed by atoms with Gasteiger partial charge in [-0.1, -0.05) is 12.1 Å². The number of benzene rings is 1. The van der Waals surface area contributed by atoms with E-state index in [-0.39, 0.29) is 23.8 Å². The first-order valence-electron chi connectivity index (χ1n) is 5.34. The maximum absolute atomic E-state index is 13.5. The number of aromatic nitrogens is 1. The minimum Gasteiger partial charge on any atom is -0.486 e. The summed E-state index contributed by atoms with van der Waals surface area (Å²) in [6.07, 6.45) is 1.65. The molecule has 0 saturated heterocycles. The Bertz CT molecular complexity index is 557. The van der Waals surface area contributed by atoms with Gasteiger partial charge in [-0.15, -0.1) is 0 Å². The van der Waals surface area contributed by atoms with Gasteiger partial charge in [0.1, 0.15) is 24.0 Å². The maximum atomic E-state index is 13.5. The highest BCUT2D eigenvalue weighted by Crippen LogP contribution is 2.21. The van der Waals surface area contributed by atoms with Crippen LogP contribution in [0.5, 0.6) is 5.75 Å². The van der Waals surface area contributed by atoms with Crippen molar-refractivity contribution in [3.63, 3.8) is 0 Å². The van der Waals surface area contributed by atoms with Gasteiger partial charge in [-0.25, -0.2) is 4.39 Å². The molecule has 0 saturated carbocycles. The lowest BCUT2D eigenvalue weighted by molar-refractivity contribution is 0.299. The smallest absolute Gasteiger partial charge is 0.137 e. The summed E-state index contributed by atoms with van der Waals surface area (Å²) in [4.78, 5) is 4.09.